The first kappa shape index (κ1) is 26.8. The normalized spacial score (nSPS) is 18.0. The molecule has 38 heavy (non-hydrogen) atoms. The Labute approximate surface area is 224 Å². The molecule has 0 atom stereocenters. The van der Waals surface area contributed by atoms with Crippen LogP contribution >= 0.6 is 0 Å². The molecular weight excluding hydrogens is 504 g/mol. The van der Waals surface area contributed by atoms with E-state index in [0.717, 1.165) is 19.5 Å². The molecule has 1 aliphatic carbocycles. The third-order valence-electron chi connectivity index (χ3n) is 7.71. The highest BCUT2D eigenvalue weighted by Crippen LogP contribution is 2.32. The van der Waals surface area contributed by atoms with Gasteiger partial charge in [-0.15, -0.1) is 5.10 Å². The molecule has 2 aromatic heterocycles. The Bertz CT molecular complexity index is 1450. The van der Waals surface area contributed by atoms with E-state index in [1.165, 1.54) is 25.7 Å². The summed E-state index contributed by atoms with van der Waals surface area (Å²) in [4.78, 5) is 23.3. The van der Waals surface area contributed by atoms with Crippen molar-refractivity contribution in [2.45, 2.75) is 76.7 Å². The van der Waals surface area contributed by atoms with Gasteiger partial charge >= 0.3 is 0 Å². The molecule has 1 saturated heterocycles. The number of nitrogens with one attached hydrogen (secondary N) is 1. The second-order valence-electron chi connectivity index (χ2n) is 10.1. The molecule has 0 bridgehead atoms. The van der Waals surface area contributed by atoms with Crippen LogP contribution < -0.4 is 10.3 Å². The van der Waals surface area contributed by atoms with Crippen LogP contribution in [0.5, 0.6) is 5.75 Å². The van der Waals surface area contributed by atoms with Gasteiger partial charge in [-0.05, 0) is 50.8 Å². The van der Waals surface area contributed by atoms with E-state index < -0.39 is 10.0 Å². The number of H-pyrrole nitrogens is 1. The van der Waals surface area contributed by atoms with Gasteiger partial charge in [-0.2, -0.15) is 4.31 Å². The number of rotatable bonds is 9. The van der Waals surface area contributed by atoms with E-state index in [2.05, 4.69) is 21.8 Å². The number of ether oxygens (including phenoxy) is 1. The number of nitrogens with zero attached hydrogens (tertiary/aromatic N) is 5. The highest BCUT2D eigenvalue weighted by Gasteiger charge is 2.32. The molecule has 10 nitrogen and oxygen atoms in total. The van der Waals surface area contributed by atoms with Crippen LogP contribution in [-0.4, -0.2) is 76.0 Å². The van der Waals surface area contributed by atoms with Gasteiger partial charge in [0.15, 0.2) is 11.3 Å². The molecule has 3 aromatic rings. The van der Waals surface area contributed by atoms with Crippen LogP contribution in [0.25, 0.3) is 16.9 Å². The van der Waals surface area contributed by atoms with Gasteiger partial charge in [0.25, 0.3) is 5.56 Å². The number of piperazine rings is 1. The van der Waals surface area contributed by atoms with E-state index in [1.54, 1.807) is 27.0 Å². The summed E-state index contributed by atoms with van der Waals surface area (Å²) in [6.07, 6.45) is 7.10. The SMILES string of the molecule is CCCc1nc(CC)c2c(=O)[nH]c(-c3cc(S(=O)(=O)N4CCN(C5CCCC5)CC4)ccc3OCC)nn12. The van der Waals surface area contributed by atoms with Gasteiger partial charge in [-0.25, -0.2) is 17.9 Å². The van der Waals surface area contributed by atoms with Gasteiger partial charge in [-0.1, -0.05) is 26.7 Å². The van der Waals surface area contributed by atoms with Crippen LogP contribution in [0, 0.1) is 0 Å². The van der Waals surface area contributed by atoms with E-state index in [-0.39, 0.29) is 16.3 Å². The van der Waals surface area contributed by atoms with Crippen molar-refractivity contribution in [1.29, 1.82) is 0 Å². The fraction of sp³-hybridized carbons (Fsp3) is 0.593. The molecular formula is C27H38N6O4S. The number of fused-ring (bicyclic) bond motifs is 1. The van der Waals surface area contributed by atoms with Gasteiger partial charge in [0.05, 0.1) is 22.8 Å². The number of aromatic nitrogens is 4. The van der Waals surface area contributed by atoms with Crippen molar-refractivity contribution < 1.29 is 13.2 Å². The lowest BCUT2D eigenvalue weighted by molar-refractivity contribution is 0.139. The van der Waals surface area contributed by atoms with Crippen LogP contribution in [0.3, 0.4) is 0 Å². The fourth-order valence-electron chi connectivity index (χ4n) is 5.75. The summed E-state index contributed by atoms with van der Waals surface area (Å²) < 4.78 is 36.4. The molecule has 0 unspecified atom stereocenters. The number of sulfonamides is 1. The first-order valence-corrected chi connectivity index (χ1v) is 15.3. The summed E-state index contributed by atoms with van der Waals surface area (Å²) in [5, 5.41) is 4.73. The van der Waals surface area contributed by atoms with Crippen molar-refractivity contribution in [3.05, 3.63) is 40.1 Å². The molecule has 206 valence electrons. The van der Waals surface area contributed by atoms with Crippen molar-refractivity contribution in [2.24, 2.45) is 0 Å². The smallest absolute Gasteiger partial charge is 0.277 e. The molecule has 1 N–H and O–H groups in total. The van der Waals surface area contributed by atoms with E-state index in [9.17, 15) is 13.2 Å². The van der Waals surface area contributed by atoms with Crippen molar-refractivity contribution >= 4 is 15.5 Å². The van der Waals surface area contributed by atoms with Crippen molar-refractivity contribution in [3.8, 4) is 17.1 Å². The molecule has 2 fully saturated rings. The Morgan fingerprint density at radius 1 is 1.08 bits per heavy atom. The number of aryl methyl sites for hydroxylation is 2. The van der Waals surface area contributed by atoms with Crippen LogP contribution in [0.1, 0.15) is 64.4 Å². The van der Waals surface area contributed by atoms with Crippen LogP contribution in [0.15, 0.2) is 27.9 Å². The van der Waals surface area contributed by atoms with Crippen molar-refractivity contribution in [2.75, 3.05) is 32.8 Å². The average Bonchev–Trinajstić information content (AvgIpc) is 3.58. The average molecular weight is 543 g/mol. The van der Waals surface area contributed by atoms with E-state index in [0.29, 0.717) is 66.9 Å². The number of hydrogen-bond donors (Lipinski definition) is 1. The summed E-state index contributed by atoms with van der Waals surface area (Å²) in [5.74, 6) is 1.44. The molecule has 0 spiro atoms. The first-order chi connectivity index (χ1) is 18.4. The quantitative estimate of drug-likeness (QED) is 0.442. The van der Waals surface area contributed by atoms with E-state index >= 15 is 0 Å². The fourth-order valence-corrected chi connectivity index (χ4v) is 7.20. The van der Waals surface area contributed by atoms with Gasteiger partial charge in [0, 0.05) is 38.6 Å². The summed E-state index contributed by atoms with van der Waals surface area (Å²) in [7, 11) is -3.73. The minimum atomic E-state index is -3.73. The molecule has 0 radical (unpaired) electrons. The number of hydrogen-bond acceptors (Lipinski definition) is 7. The maximum Gasteiger partial charge on any atom is 0.277 e. The Balaban J connectivity index is 1.51. The third kappa shape index (κ3) is 4.99. The summed E-state index contributed by atoms with van der Waals surface area (Å²) in [6, 6.07) is 5.40. The largest absolute Gasteiger partial charge is 0.493 e. The van der Waals surface area contributed by atoms with E-state index in [1.807, 2.05) is 13.8 Å². The molecule has 1 saturated carbocycles. The van der Waals surface area contributed by atoms with Crippen molar-refractivity contribution in [3.63, 3.8) is 0 Å². The summed E-state index contributed by atoms with van der Waals surface area (Å²) in [5.41, 5.74) is 1.26. The molecule has 11 heteroatoms. The second kappa shape index (κ2) is 11.2. The van der Waals surface area contributed by atoms with Crippen LogP contribution in [0.4, 0.5) is 0 Å². The van der Waals surface area contributed by atoms with Gasteiger partial charge in [0.2, 0.25) is 10.0 Å². The molecule has 1 aromatic carbocycles. The lowest BCUT2D eigenvalue weighted by atomic mass is 10.2. The Morgan fingerprint density at radius 2 is 1.82 bits per heavy atom. The molecule has 0 amide bonds. The highest BCUT2D eigenvalue weighted by atomic mass is 32.2. The van der Waals surface area contributed by atoms with Gasteiger partial charge < -0.3 is 9.72 Å². The Morgan fingerprint density at radius 3 is 2.47 bits per heavy atom. The summed E-state index contributed by atoms with van der Waals surface area (Å²) in [6.45, 7) is 8.70. The predicted octanol–water partition coefficient (Wildman–Crippen LogP) is 3.25. The molecule has 5 rings (SSSR count). The standard InChI is InChI=1S/C27H38N6O4S/c1-4-9-24-28-22(5-2)25-27(34)29-26(30-33(24)25)21-18-20(12-13-23(21)37-6-3)38(35,36)32-16-14-31(15-17-32)19-10-7-8-11-19/h12-13,18-19H,4-11,14-17H2,1-3H3,(H,29,30,34). The first-order valence-electron chi connectivity index (χ1n) is 13.9. The number of aromatic amines is 1. The van der Waals surface area contributed by atoms with Crippen LogP contribution in [0.2, 0.25) is 0 Å². The minimum Gasteiger partial charge on any atom is -0.493 e. The lowest BCUT2D eigenvalue weighted by Gasteiger charge is -2.37. The topological polar surface area (TPSA) is 113 Å². The minimum absolute atomic E-state index is 0.168. The zero-order chi connectivity index (χ0) is 26.9. The lowest BCUT2D eigenvalue weighted by Crippen LogP contribution is -2.51. The summed E-state index contributed by atoms with van der Waals surface area (Å²) >= 11 is 0. The van der Waals surface area contributed by atoms with E-state index in [4.69, 9.17) is 9.84 Å². The second-order valence-corrected chi connectivity index (χ2v) is 12.0. The third-order valence-corrected chi connectivity index (χ3v) is 9.60. The van der Waals surface area contributed by atoms with Gasteiger partial charge in [-0.3, -0.25) is 9.69 Å². The van der Waals surface area contributed by atoms with Gasteiger partial charge in [0.1, 0.15) is 11.6 Å². The maximum atomic E-state index is 13.7. The molecule has 2 aliphatic rings. The monoisotopic (exact) mass is 542 g/mol. The number of imidazole rings is 1. The predicted molar refractivity (Wildman–Crippen MR) is 146 cm³/mol. The Hall–Kier alpha value is -2.76. The maximum absolute atomic E-state index is 13.7. The zero-order valence-corrected chi connectivity index (χ0v) is 23.4. The number of benzene rings is 1. The highest BCUT2D eigenvalue weighted by molar-refractivity contribution is 7.89. The van der Waals surface area contributed by atoms with Crippen LogP contribution in [-0.2, 0) is 22.9 Å². The zero-order valence-electron chi connectivity index (χ0n) is 22.6. The molecule has 1 aliphatic heterocycles. The Kier molecular flexibility index (Phi) is 7.88. The van der Waals surface area contributed by atoms with Crippen molar-refractivity contribution in [1.82, 2.24) is 28.8 Å². The molecule has 3 heterocycles.